The molecule has 0 fully saturated rings. The molecule has 1 unspecified atom stereocenters. The molecule has 0 saturated heterocycles. The Kier molecular flexibility index (Phi) is 5.53. The number of carbonyl (C=O) groups is 2. The fraction of sp³-hybridized carbons (Fsp3) is 0.300. The zero-order valence-corrected chi connectivity index (χ0v) is 15.1. The molecule has 136 valence electrons. The summed E-state index contributed by atoms with van der Waals surface area (Å²) in [7, 11) is 3.45. The van der Waals surface area contributed by atoms with Gasteiger partial charge in [0.1, 0.15) is 5.75 Å². The van der Waals surface area contributed by atoms with Gasteiger partial charge in [-0.2, -0.15) is 0 Å². The van der Waals surface area contributed by atoms with Crippen LogP contribution in [-0.4, -0.2) is 45.6 Å². The number of likely N-dealkylation sites (N-methyl/N-ethyl adjacent to an activating group) is 1. The number of nitrogens with zero attached hydrogens (tertiary/aromatic N) is 1. The van der Waals surface area contributed by atoms with Crippen molar-refractivity contribution in [3.8, 4) is 5.75 Å². The first kappa shape index (κ1) is 17.9. The lowest BCUT2D eigenvalue weighted by Crippen LogP contribution is -3.11. The Balaban J connectivity index is 1.51. The average Bonchev–Trinajstić information content (AvgIpc) is 3.06. The molecule has 2 N–H and O–H groups in total. The Morgan fingerprint density at radius 2 is 1.85 bits per heavy atom. The predicted octanol–water partition coefficient (Wildman–Crippen LogP) is 0.738. The van der Waals surface area contributed by atoms with Gasteiger partial charge in [-0.3, -0.25) is 9.59 Å². The zero-order valence-electron chi connectivity index (χ0n) is 15.1. The van der Waals surface area contributed by atoms with Crippen LogP contribution < -0.4 is 19.9 Å². The zero-order chi connectivity index (χ0) is 18.5. The molecule has 1 aliphatic rings. The highest BCUT2D eigenvalue weighted by molar-refractivity contribution is 5.96. The summed E-state index contributed by atoms with van der Waals surface area (Å²) in [6.07, 6.45) is 0.888. The van der Waals surface area contributed by atoms with Gasteiger partial charge in [-0.25, -0.2) is 0 Å². The van der Waals surface area contributed by atoms with Crippen LogP contribution in [0.3, 0.4) is 0 Å². The molecule has 0 aromatic heterocycles. The highest BCUT2D eigenvalue weighted by atomic mass is 16.5. The van der Waals surface area contributed by atoms with E-state index in [-0.39, 0.29) is 24.9 Å². The summed E-state index contributed by atoms with van der Waals surface area (Å²) in [6.45, 7) is 1.22. The van der Waals surface area contributed by atoms with Crippen LogP contribution in [0.2, 0.25) is 0 Å². The first-order chi connectivity index (χ1) is 12.6. The quantitative estimate of drug-likeness (QED) is 0.804. The SMILES string of the molecule is COc1ccc(NC(=O)C[NH+](C)CC(=O)N2CCc3ccccc32)cc1. The summed E-state index contributed by atoms with van der Waals surface area (Å²) in [5.74, 6) is 0.661. The smallest absolute Gasteiger partial charge is 0.282 e. The van der Waals surface area contributed by atoms with E-state index in [2.05, 4.69) is 11.4 Å². The third-order valence-corrected chi connectivity index (χ3v) is 4.48. The largest absolute Gasteiger partial charge is 0.497 e. The number of anilines is 2. The van der Waals surface area contributed by atoms with Crippen molar-refractivity contribution in [3.05, 3.63) is 54.1 Å². The summed E-state index contributed by atoms with van der Waals surface area (Å²) in [5, 5.41) is 2.84. The van der Waals surface area contributed by atoms with Crippen LogP contribution >= 0.6 is 0 Å². The molecule has 0 bridgehead atoms. The highest BCUT2D eigenvalue weighted by Crippen LogP contribution is 2.26. The summed E-state index contributed by atoms with van der Waals surface area (Å²) in [5.41, 5.74) is 2.91. The van der Waals surface area contributed by atoms with E-state index in [1.807, 2.05) is 30.1 Å². The number of ether oxygens (including phenoxy) is 1. The van der Waals surface area contributed by atoms with Crippen LogP contribution in [-0.2, 0) is 16.0 Å². The number of hydrogen-bond acceptors (Lipinski definition) is 3. The fourth-order valence-electron chi connectivity index (χ4n) is 3.17. The van der Waals surface area contributed by atoms with Gasteiger partial charge in [0.25, 0.3) is 11.8 Å². The summed E-state index contributed by atoms with van der Waals surface area (Å²) in [4.78, 5) is 27.5. The number of quaternary nitrogens is 1. The number of hydrogen-bond donors (Lipinski definition) is 2. The third kappa shape index (κ3) is 4.21. The van der Waals surface area contributed by atoms with Gasteiger partial charge in [-0.1, -0.05) is 18.2 Å². The second-order valence-corrected chi connectivity index (χ2v) is 6.51. The van der Waals surface area contributed by atoms with E-state index in [0.29, 0.717) is 12.2 Å². The van der Waals surface area contributed by atoms with Crippen molar-refractivity contribution in [2.75, 3.05) is 44.0 Å². The van der Waals surface area contributed by atoms with Gasteiger partial charge >= 0.3 is 0 Å². The lowest BCUT2D eigenvalue weighted by molar-refractivity contribution is -0.862. The molecule has 2 aromatic rings. The second kappa shape index (κ2) is 8.01. The molecule has 0 aliphatic carbocycles. The van der Waals surface area contributed by atoms with Crippen molar-refractivity contribution >= 4 is 23.2 Å². The molecule has 3 rings (SSSR count). The Labute approximate surface area is 153 Å². The normalized spacial score (nSPS) is 13.8. The number of nitrogens with one attached hydrogen (secondary N) is 2. The minimum atomic E-state index is -0.123. The second-order valence-electron chi connectivity index (χ2n) is 6.51. The molecule has 2 aromatic carbocycles. The number of methoxy groups -OCH3 is 1. The van der Waals surface area contributed by atoms with Gasteiger partial charge in [0.2, 0.25) is 0 Å². The molecule has 26 heavy (non-hydrogen) atoms. The standard InChI is InChI=1S/C20H23N3O3/c1-22(13-19(24)21-16-7-9-17(26-2)10-8-16)14-20(25)23-12-11-15-5-3-4-6-18(15)23/h3-10H,11-14H2,1-2H3,(H,21,24)/p+1. The molecule has 6 heteroatoms. The van der Waals surface area contributed by atoms with Crippen molar-refractivity contribution in [3.63, 3.8) is 0 Å². The van der Waals surface area contributed by atoms with Crippen molar-refractivity contribution in [2.24, 2.45) is 0 Å². The van der Waals surface area contributed by atoms with Gasteiger partial charge in [0, 0.05) is 17.9 Å². The molecular formula is C20H24N3O3+. The van der Waals surface area contributed by atoms with E-state index in [4.69, 9.17) is 4.74 Å². The number of fused-ring (bicyclic) bond motifs is 1. The van der Waals surface area contributed by atoms with Gasteiger partial charge in [-0.05, 0) is 42.3 Å². The number of para-hydroxylation sites is 1. The number of benzene rings is 2. The van der Waals surface area contributed by atoms with E-state index in [1.165, 1.54) is 5.56 Å². The monoisotopic (exact) mass is 354 g/mol. The molecule has 0 spiro atoms. The maximum absolute atomic E-state index is 12.6. The number of amides is 2. The van der Waals surface area contributed by atoms with Crippen LogP contribution in [0, 0.1) is 0 Å². The molecule has 2 amide bonds. The Morgan fingerprint density at radius 1 is 1.12 bits per heavy atom. The van der Waals surface area contributed by atoms with Gasteiger partial charge in [0.05, 0.1) is 14.2 Å². The topological polar surface area (TPSA) is 63.1 Å². The van der Waals surface area contributed by atoms with Gasteiger partial charge in [-0.15, -0.1) is 0 Å². The molecule has 6 nitrogen and oxygen atoms in total. The summed E-state index contributed by atoms with van der Waals surface area (Å²) in [6, 6.07) is 15.1. The maximum Gasteiger partial charge on any atom is 0.282 e. The van der Waals surface area contributed by atoms with E-state index in [1.54, 1.807) is 31.4 Å². The highest BCUT2D eigenvalue weighted by Gasteiger charge is 2.26. The van der Waals surface area contributed by atoms with Crippen molar-refractivity contribution in [1.29, 1.82) is 0 Å². The number of carbonyl (C=O) groups excluding carboxylic acids is 2. The van der Waals surface area contributed by atoms with Crippen LogP contribution in [0.15, 0.2) is 48.5 Å². The van der Waals surface area contributed by atoms with Crippen LogP contribution in [0.25, 0.3) is 0 Å². The lowest BCUT2D eigenvalue weighted by Gasteiger charge is -2.20. The van der Waals surface area contributed by atoms with Crippen molar-refractivity contribution in [1.82, 2.24) is 0 Å². The van der Waals surface area contributed by atoms with E-state index < -0.39 is 0 Å². The molecule has 1 aliphatic heterocycles. The first-order valence-electron chi connectivity index (χ1n) is 8.70. The first-order valence-corrected chi connectivity index (χ1v) is 8.70. The summed E-state index contributed by atoms with van der Waals surface area (Å²) >= 11 is 0. The van der Waals surface area contributed by atoms with Gasteiger partial charge < -0.3 is 19.9 Å². The molecule has 1 atom stereocenters. The Morgan fingerprint density at radius 3 is 2.58 bits per heavy atom. The molecular weight excluding hydrogens is 330 g/mol. The van der Waals surface area contributed by atoms with E-state index in [0.717, 1.165) is 22.8 Å². The Hall–Kier alpha value is -2.86. The minimum Gasteiger partial charge on any atom is -0.497 e. The number of rotatable bonds is 6. The third-order valence-electron chi connectivity index (χ3n) is 4.48. The van der Waals surface area contributed by atoms with Crippen LogP contribution in [0.5, 0.6) is 5.75 Å². The maximum atomic E-state index is 12.6. The lowest BCUT2D eigenvalue weighted by atomic mass is 10.2. The van der Waals surface area contributed by atoms with E-state index in [9.17, 15) is 9.59 Å². The van der Waals surface area contributed by atoms with Crippen molar-refractivity contribution < 1.29 is 19.2 Å². The van der Waals surface area contributed by atoms with E-state index >= 15 is 0 Å². The van der Waals surface area contributed by atoms with Gasteiger partial charge in [0.15, 0.2) is 13.1 Å². The van der Waals surface area contributed by atoms with Crippen LogP contribution in [0.1, 0.15) is 5.56 Å². The molecule has 1 heterocycles. The van der Waals surface area contributed by atoms with Crippen molar-refractivity contribution in [2.45, 2.75) is 6.42 Å². The minimum absolute atomic E-state index is 0.0460. The fourth-order valence-corrected chi connectivity index (χ4v) is 3.17. The molecule has 0 saturated carbocycles. The summed E-state index contributed by atoms with van der Waals surface area (Å²) < 4.78 is 5.10. The predicted molar refractivity (Wildman–Crippen MR) is 101 cm³/mol. The molecule has 0 radical (unpaired) electrons. The van der Waals surface area contributed by atoms with Crippen LogP contribution in [0.4, 0.5) is 11.4 Å². The Bertz CT molecular complexity index is 789. The average molecular weight is 354 g/mol.